The highest BCUT2D eigenvalue weighted by molar-refractivity contribution is 7.99. The number of aryl methyl sites for hydroxylation is 2. The molecule has 4 rings (SSSR count). The van der Waals surface area contributed by atoms with Gasteiger partial charge in [-0.1, -0.05) is 29.8 Å². The number of aromatic nitrogens is 1. The van der Waals surface area contributed by atoms with E-state index in [4.69, 9.17) is 11.6 Å². The van der Waals surface area contributed by atoms with Crippen LogP contribution in [0.5, 0.6) is 0 Å². The van der Waals surface area contributed by atoms with Gasteiger partial charge in [0.25, 0.3) is 5.91 Å². The average molecular weight is 444 g/mol. The smallest absolute Gasteiger partial charge is 0.267 e. The Morgan fingerprint density at radius 2 is 1.90 bits per heavy atom. The van der Waals surface area contributed by atoms with Crippen molar-refractivity contribution in [3.05, 3.63) is 63.6 Å². The molecule has 0 radical (unpaired) electrons. The molecule has 2 aromatic carbocycles. The van der Waals surface area contributed by atoms with Crippen molar-refractivity contribution in [3.63, 3.8) is 0 Å². The van der Waals surface area contributed by atoms with Crippen LogP contribution in [0, 0.1) is 13.8 Å². The SMILES string of the molecule is Cc1cc(N2CCSCC2)ccc1NC(=O)c1sc(-c2ccccc2Cl)nc1C. The Labute approximate surface area is 184 Å². The number of thioether (sulfide) groups is 1. The first-order chi connectivity index (χ1) is 14.0. The highest BCUT2D eigenvalue weighted by atomic mass is 35.5. The lowest BCUT2D eigenvalue weighted by Gasteiger charge is -2.29. The monoisotopic (exact) mass is 443 g/mol. The molecule has 0 spiro atoms. The minimum atomic E-state index is -0.136. The second-order valence-corrected chi connectivity index (χ2v) is 9.60. The van der Waals surface area contributed by atoms with E-state index in [-0.39, 0.29) is 5.91 Å². The van der Waals surface area contributed by atoms with Crippen LogP contribution in [0.3, 0.4) is 0 Å². The van der Waals surface area contributed by atoms with Crippen molar-refractivity contribution in [3.8, 4) is 10.6 Å². The lowest BCUT2D eigenvalue weighted by Crippen LogP contribution is -2.32. The molecule has 3 aromatic rings. The number of hydrogen-bond acceptors (Lipinski definition) is 5. The minimum absolute atomic E-state index is 0.136. The van der Waals surface area contributed by atoms with Gasteiger partial charge < -0.3 is 10.2 Å². The highest BCUT2D eigenvalue weighted by Gasteiger charge is 2.19. The van der Waals surface area contributed by atoms with Crippen molar-refractivity contribution in [2.24, 2.45) is 0 Å². The number of halogens is 1. The van der Waals surface area contributed by atoms with Gasteiger partial charge in [0.1, 0.15) is 9.88 Å². The van der Waals surface area contributed by atoms with E-state index in [1.165, 1.54) is 17.0 Å². The zero-order valence-electron chi connectivity index (χ0n) is 16.4. The standard InChI is InChI=1S/C22H22ClN3OS2/c1-14-13-16(26-9-11-28-12-10-26)7-8-19(14)25-21(27)20-15(2)24-22(29-20)17-5-3-4-6-18(17)23/h3-8,13H,9-12H2,1-2H3,(H,25,27). The lowest BCUT2D eigenvalue weighted by atomic mass is 10.1. The van der Waals surface area contributed by atoms with Crippen molar-refractivity contribution in [1.29, 1.82) is 0 Å². The zero-order chi connectivity index (χ0) is 20.4. The Balaban J connectivity index is 1.53. The summed E-state index contributed by atoms with van der Waals surface area (Å²) in [7, 11) is 0. The van der Waals surface area contributed by atoms with Crippen LogP contribution in [0.25, 0.3) is 10.6 Å². The Hall–Kier alpha value is -2.02. The first-order valence-corrected chi connectivity index (χ1v) is 11.8. The molecular weight excluding hydrogens is 422 g/mol. The largest absolute Gasteiger partial charge is 0.370 e. The summed E-state index contributed by atoms with van der Waals surface area (Å²) in [6, 6.07) is 13.8. The highest BCUT2D eigenvalue weighted by Crippen LogP contribution is 2.33. The molecule has 0 bridgehead atoms. The second kappa shape index (κ2) is 8.78. The third kappa shape index (κ3) is 4.44. The summed E-state index contributed by atoms with van der Waals surface area (Å²) in [6.07, 6.45) is 0. The Morgan fingerprint density at radius 1 is 1.14 bits per heavy atom. The van der Waals surface area contributed by atoms with Crippen LogP contribution in [0.2, 0.25) is 5.02 Å². The van der Waals surface area contributed by atoms with Crippen LogP contribution in [-0.4, -0.2) is 35.5 Å². The van der Waals surface area contributed by atoms with Crippen molar-refractivity contribution < 1.29 is 4.79 Å². The van der Waals surface area contributed by atoms with Crippen molar-refractivity contribution in [2.75, 3.05) is 34.8 Å². The van der Waals surface area contributed by atoms with E-state index >= 15 is 0 Å². The Bertz CT molecular complexity index is 1040. The number of benzene rings is 2. The van der Waals surface area contributed by atoms with Crippen LogP contribution in [-0.2, 0) is 0 Å². The predicted octanol–water partition coefficient (Wildman–Crippen LogP) is 5.89. The minimum Gasteiger partial charge on any atom is -0.370 e. The van der Waals surface area contributed by atoms with Crippen LogP contribution in [0.15, 0.2) is 42.5 Å². The maximum absolute atomic E-state index is 12.9. The van der Waals surface area contributed by atoms with Gasteiger partial charge >= 0.3 is 0 Å². The summed E-state index contributed by atoms with van der Waals surface area (Å²) in [6.45, 7) is 6.03. The summed E-state index contributed by atoms with van der Waals surface area (Å²) in [5, 5.41) is 4.45. The maximum atomic E-state index is 12.9. The molecule has 1 aliphatic heterocycles. The van der Waals surface area contributed by atoms with Crippen molar-refractivity contribution in [1.82, 2.24) is 4.98 Å². The Morgan fingerprint density at radius 3 is 2.62 bits per heavy atom. The van der Waals surface area contributed by atoms with Crippen LogP contribution in [0.1, 0.15) is 20.9 Å². The molecule has 0 unspecified atom stereocenters. The zero-order valence-corrected chi connectivity index (χ0v) is 18.8. The van der Waals surface area contributed by atoms with Gasteiger partial charge in [0.05, 0.1) is 10.7 Å². The van der Waals surface area contributed by atoms with Gasteiger partial charge in [-0.2, -0.15) is 11.8 Å². The van der Waals surface area contributed by atoms with Gasteiger partial charge in [-0.15, -0.1) is 11.3 Å². The van der Waals surface area contributed by atoms with E-state index in [0.29, 0.717) is 15.6 Å². The molecule has 4 nitrogen and oxygen atoms in total. The van der Waals surface area contributed by atoms with Gasteiger partial charge in [0.2, 0.25) is 0 Å². The molecule has 0 saturated carbocycles. The summed E-state index contributed by atoms with van der Waals surface area (Å²) < 4.78 is 0. The number of thiazole rings is 1. The van der Waals surface area contributed by atoms with Crippen molar-refractivity contribution >= 4 is 52.0 Å². The number of carbonyl (C=O) groups is 1. The number of anilines is 2. The van der Waals surface area contributed by atoms with Crippen LogP contribution >= 0.6 is 34.7 Å². The van der Waals surface area contributed by atoms with E-state index in [1.807, 2.05) is 55.9 Å². The molecule has 29 heavy (non-hydrogen) atoms. The summed E-state index contributed by atoms with van der Waals surface area (Å²) >= 11 is 9.66. The lowest BCUT2D eigenvalue weighted by molar-refractivity contribution is 0.102. The summed E-state index contributed by atoms with van der Waals surface area (Å²) in [5.41, 5.74) is 4.67. The predicted molar refractivity (Wildman–Crippen MR) is 126 cm³/mol. The van der Waals surface area contributed by atoms with E-state index in [9.17, 15) is 4.79 Å². The average Bonchev–Trinajstić information content (AvgIpc) is 3.12. The molecule has 1 amide bonds. The number of amides is 1. The second-order valence-electron chi connectivity index (χ2n) is 6.97. The fourth-order valence-electron chi connectivity index (χ4n) is 3.34. The van der Waals surface area contributed by atoms with Gasteiger partial charge in [0.15, 0.2) is 0 Å². The topological polar surface area (TPSA) is 45.2 Å². The molecule has 1 N–H and O–H groups in total. The van der Waals surface area contributed by atoms with Crippen molar-refractivity contribution in [2.45, 2.75) is 13.8 Å². The van der Waals surface area contributed by atoms with E-state index in [2.05, 4.69) is 27.3 Å². The summed E-state index contributed by atoms with van der Waals surface area (Å²) in [4.78, 5) is 20.5. The molecule has 7 heteroatoms. The molecule has 1 aliphatic rings. The molecule has 0 atom stereocenters. The first-order valence-electron chi connectivity index (χ1n) is 9.50. The fraction of sp³-hybridized carbons (Fsp3) is 0.273. The number of rotatable bonds is 4. The maximum Gasteiger partial charge on any atom is 0.267 e. The molecule has 0 aliphatic carbocycles. The van der Waals surface area contributed by atoms with Gasteiger partial charge in [0, 0.05) is 41.5 Å². The molecule has 1 aromatic heterocycles. The van der Waals surface area contributed by atoms with Crippen LogP contribution in [0.4, 0.5) is 11.4 Å². The molecule has 1 saturated heterocycles. The van der Waals surface area contributed by atoms with E-state index in [0.717, 1.165) is 46.4 Å². The number of nitrogens with one attached hydrogen (secondary N) is 1. The van der Waals surface area contributed by atoms with Gasteiger partial charge in [-0.3, -0.25) is 4.79 Å². The van der Waals surface area contributed by atoms with Gasteiger partial charge in [-0.25, -0.2) is 4.98 Å². The van der Waals surface area contributed by atoms with Crippen LogP contribution < -0.4 is 10.2 Å². The third-order valence-electron chi connectivity index (χ3n) is 4.94. The fourth-order valence-corrected chi connectivity index (χ4v) is 5.53. The summed E-state index contributed by atoms with van der Waals surface area (Å²) in [5.74, 6) is 2.19. The Kier molecular flexibility index (Phi) is 6.13. The molecular formula is C22H22ClN3OS2. The molecule has 2 heterocycles. The number of hydrogen-bond donors (Lipinski definition) is 1. The number of carbonyl (C=O) groups excluding carboxylic acids is 1. The third-order valence-corrected chi connectivity index (χ3v) is 7.40. The number of nitrogens with zero attached hydrogens (tertiary/aromatic N) is 2. The normalized spacial score (nSPS) is 14.1. The van der Waals surface area contributed by atoms with E-state index in [1.54, 1.807) is 0 Å². The van der Waals surface area contributed by atoms with E-state index < -0.39 is 0 Å². The first kappa shape index (κ1) is 20.3. The molecule has 150 valence electrons. The van der Waals surface area contributed by atoms with Gasteiger partial charge in [-0.05, 0) is 43.7 Å². The quantitative estimate of drug-likeness (QED) is 0.546. The molecule has 1 fully saturated rings.